The highest BCUT2D eigenvalue weighted by molar-refractivity contribution is 7.80. The number of benzene rings is 1. The topological polar surface area (TPSA) is 55.4 Å². The Bertz CT molecular complexity index is 515. The van der Waals surface area contributed by atoms with Crippen molar-refractivity contribution in [3.8, 4) is 5.75 Å². The minimum Gasteiger partial charge on any atom is -0.497 e. The van der Waals surface area contributed by atoms with Crippen LogP contribution in [0.4, 0.5) is 0 Å². The van der Waals surface area contributed by atoms with Crippen molar-refractivity contribution in [1.82, 2.24) is 5.32 Å². The first-order valence-corrected chi connectivity index (χ1v) is 6.66. The summed E-state index contributed by atoms with van der Waals surface area (Å²) in [4.78, 5) is 23.8. The predicted molar refractivity (Wildman–Crippen MR) is 81.9 cm³/mol. The third-order valence-corrected chi connectivity index (χ3v) is 3.10. The summed E-state index contributed by atoms with van der Waals surface area (Å²) in [6, 6.07) is 7.03. The Morgan fingerprint density at radius 1 is 1.20 bits per heavy atom. The van der Waals surface area contributed by atoms with E-state index in [1.807, 2.05) is 0 Å². The second kappa shape index (κ2) is 6.61. The average Bonchev–Trinajstić information content (AvgIpc) is 2.37. The van der Waals surface area contributed by atoms with Crippen molar-refractivity contribution in [3.05, 3.63) is 29.8 Å². The summed E-state index contributed by atoms with van der Waals surface area (Å²) in [5, 5.41) is 2.57. The second-order valence-electron chi connectivity index (χ2n) is 5.46. The first kappa shape index (κ1) is 16.3. The Balaban J connectivity index is 2.61. The molecule has 0 aromatic heterocycles. The van der Waals surface area contributed by atoms with Gasteiger partial charge >= 0.3 is 0 Å². The molecule has 0 fully saturated rings. The number of Topliss-reactive ketones (excluding diaryl/α,β-unsaturated/α-hetero) is 1. The van der Waals surface area contributed by atoms with E-state index in [1.165, 1.54) is 0 Å². The number of carbonyl (C=O) groups is 2. The number of thiocarbonyl (C=S) groups is 1. The van der Waals surface area contributed by atoms with Crippen LogP contribution in [0.5, 0.6) is 5.75 Å². The fourth-order valence-electron chi connectivity index (χ4n) is 1.40. The molecule has 1 aromatic rings. The molecule has 4 nitrogen and oxygen atoms in total. The number of ketones is 1. The van der Waals surface area contributed by atoms with Crippen molar-refractivity contribution < 1.29 is 14.3 Å². The van der Waals surface area contributed by atoms with E-state index < -0.39 is 5.41 Å². The van der Waals surface area contributed by atoms with Crippen molar-refractivity contribution in [2.45, 2.75) is 27.2 Å². The predicted octanol–water partition coefficient (Wildman–Crippen LogP) is 2.49. The van der Waals surface area contributed by atoms with Crippen LogP contribution in [0.1, 0.15) is 32.8 Å². The van der Waals surface area contributed by atoms with Crippen LogP contribution in [0.3, 0.4) is 0 Å². The molecule has 1 N–H and O–H groups in total. The number of carbonyl (C=O) groups excluding carboxylic acids is 2. The van der Waals surface area contributed by atoms with Crippen molar-refractivity contribution >= 4 is 28.9 Å². The van der Waals surface area contributed by atoms with Gasteiger partial charge in [-0.2, -0.15) is 0 Å². The smallest absolute Gasteiger partial charge is 0.232 e. The van der Waals surface area contributed by atoms with E-state index in [1.54, 1.807) is 52.1 Å². The van der Waals surface area contributed by atoms with E-state index in [4.69, 9.17) is 17.0 Å². The molecule has 5 heteroatoms. The monoisotopic (exact) mass is 293 g/mol. The van der Waals surface area contributed by atoms with E-state index in [0.29, 0.717) is 16.3 Å². The van der Waals surface area contributed by atoms with Crippen LogP contribution in [0.25, 0.3) is 0 Å². The van der Waals surface area contributed by atoms with Gasteiger partial charge in [-0.05, 0) is 24.3 Å². The minimum absolute atomic E-state index is 0.118. The van der Waals surface area contributed by atoms with Gasteiger partial charge in [0.2, 0.25) is 5.91 Å². The summed E-state index contributed by atoms with van der Waals surface area (Å²) in [5.74, 6) is 0.212. The molecule has 1 amide bonds. The minimum atomic E-state index is -0.529. The van der Waals surface area contributed by atoms with Gasteiger partial charge in [-0.15, -0.1) is 0 Å². The van der Waals surface area contributed by atoms with Crippen LogP contribution >= 0.6 is 12.2 Å². The van der Waals surface area contributed by atoms with Crippen molar-refractivity contribution in [3.63, 3.8) is 0 Å². The summed E-state index contributed by atoms with van der Waals surface area (Å²) in [5.41, 5.74) is 0.177. The molecule has 0 aliphatic rings. The quantitative estimate of drug-likeness (QED) is 0.684. The normalized spacial score (nSPS) is 10.8. The first-order chi connectivity index (χ1) is 9.24. The molecule has 0 heterocycles. The van der Waals surface area contributed by atoms with E-state index in [2.05, 4.69) is 5.32 Å². The highest BCUT2D eigenvalue weighted by atomic mass is 32.1. The molecule has 0 aliphatic carbocycles. The third-order valence-electron chi connectivity index (χ3n) is 2.76. The molecule has 0 saturated heterocycles. The Hall–Kier alpha value is -1.75. The zero-order chi connectivity index (χ0) is 15.3. The Morgan fingerprint density at radius 2 is 1.75 bits per heavy atom. The highest BCUT2D eigenvalue weighted by Gasteiger charge is 2.23. The van der Waals surface area contributed by atoms with Crippen LogP contribution < -0.4 is 10.1 Å². The molecule has 0 aliphatic heterocycles. The van der Waals surface area contributed by atoms with Gasteiger partial charge in [0.25, 0.3) is 0 Å². The molecule has 108 valence electrons. The largest absolute Gasteiger partial charge is 0.497 e. The number of methoxy groups -OCH3 is 1. The van der Waals surface area contributed by atoms with Gasteiger partial charge in [0.05, 0.1) is 13.5 Å². The van der Waals surface area contributed by atoms with E-state index in [-0.39, 0.29) is 18.1 Å². The van der Waals surface area contributed by atoms with Gasteiger partial charge in [-0.1, -0.05) is 33.0 Å². The summed E-state index contributed by atoms with van der Waals surface area (Å²) in [6.07, 6.45) is -0.167. The highest BCUT2D eigenvalue weighted by Crippen LogP contribution is 2.16. The summed E-state index contributed by atoms with van der Waals surface area (Å²) in [7, 11) is 1.58. The van der Waals surface area contributed by atoms with Gasteiger partial charge in [0, 0.05) is 11.0 Å². The Kier molecular flexibility index (Phi) is 5.39. The molecule has 20 heavy (non-hydrogen) atoms. The molecule has 0 bridgehead atoms. The molecule has 0 spiro atoms. The lowest BCUT2D eigenvalue weighted by atomic mass is 9.89. The van der Waals surface area contributed by atoms with Gasteiger partial charge in [-0.3, -0.25) is 9.59 Å². The SMILES string of the molecule is COc1ccc(C(=S)NC(=O)CC(=O)C(C)(C)C)cc1. The lowest BCUT2D eigenvalue weighted by molar-refractivity contribution is -0.131. The van der Waals surface area contributed by atoms with Crippen LogP contribution in [0.2, 0.25) is 0 Å². The second-order valence-corrected chi connectivity index (χ2v) is 5.86. The van der Waals surface area contributed by atoms with Crippen molar-refractivity contribution in [2.75, 3.05) is 7.11 Å². The van der Waals surface area contributed by atoms with Crippen molar-refractivity contribution in [1.29, 1.82) is 0 Å². The third kappa shape index (κ3) is 4.74. The van der Waals surface area contributed by atoms with Crippen LogP contribution in [-0.2, 0) is 9.59 Å². The molecule has 0 radical (unpaired) electrons. The summed E-state index contributed by atoms with van der Waals surface area (Å²) < 4.78 is 5.04. The lowest BCUT2D eigenvalue weighted by Gasteiger charge is -2.16. The summed E-state index contributed by atoms with van der Waals surface area (Å²) >= 11 is 5.14. The molecule has 0 unspecified atom stereocenters. The first-order valence-electron chi connectivity index (χ1n) is 6.25. The van der Waals surface area contributed by atoms with Gasteiger partial charge in [0.15, 0.2) is 0 Å². The maximum Gasteiger partial charge on any atom is 0.232 e. The van der Waals surface area contributed by atoms with Gasteiger partial charge in [0.1, 0.15) is 16.5 Å². The lowest BCUT2D eigenvalue weighted by Crippen LogP contribution is -2.34. The zero-order valence-electron chi connectivity index (χ0n) is 12.1. The number of amides is 1. The average molecular weight is 293 g/mol. The number of hydrogen-bond donors (Lipinski definition) is 1. The van der Waals surface area contributed by atoms with E-state index in [9.17, 15) is 9.59 Å². The van der Waals surface area contributed by atoms with Crippen LogP contribution in [-0.4, -0.2) is 23.8 Å². The van der Waals surface area contributed by atoms with Crippen LogP contribution in [0.15, 0.2) is 24.3 Å². The maximum absolute atomic E-state index is 11.8. The van der Waals surface area contributed by atoms with Gasteiger partial charge < -0.3 is 10.1 Å². The fraction of sp³-hybridized carbons (Fsp3) is 0.400. The summed E-state index contributed by atoms with van der Waals surface area (Å²) in [6.45, 7) is 5.35. The molecule has 0 atom stereocenters. The number of hydrogen-bond acceptors (Lipinski definition) is 4. The van der Waals surface area contributed by atoms with Gasteiger partial charge in [-0.25, -0.2) is 0 Å². The maximum atomic E-state index is 11.8. The molecular formula is C15H19NO3S. The van der Waals surface area contributed by atoms with Crippen molar-refractivity contribution in [2.24, 2.45) is 5.41 Å². The number of ether oxygens (including phenoxy) is 1. The number of rotatable bonds is 4. The standard InChI is InChI=1S/C15H19NO3S/c1-15(2,3)12(17)9-13(18)16-14(20)10-5-7-11(19-4)8-6-10/h5-8H,9H2,1-4H3,(H,16,18,20). The zero-order valence-corrected chi connectivity index (χ0v) is 13.0. The molecular weight excluding hydrogens is 274 g/mol. The fourth-order valence-corrected chi connectivity index (χ4v) is 1.65. The number of nitrogens with one attached hydrogen (secondary N) is 1. The van der Waals surface area contributed by atoms with E-state index in [0.717, 1.165) is 0 Å². The molecule has 1 rings (SSSR count). The Labute approximate surface area is 124 Å². The Morgan fingerprint density at radius 3 is 2.20 bits per heavy atom. The van der Waals surface area contributed by atoms with E-state index >= 15 is 0 Å². The van der Waals surface area contributed by atoms with Crippen LogP contribution in [0, 0.1) is 5.41 Å². The molecule has 0 saturated carbocycles. The molecule has 1 aromatic carbocycles.